The van der Waals surface area contributed by atoms with Crippen LogP contribution in [0.5, 0.6) is 17.2 Å². The molecule has 0 atom stereocenters. The summed E-state index contributed by atoms with van der Waals surface area (Å²) in [5.74, 6) is -7.93. The van der Waals surface area contributed by atoms with Gasteiger partial charge in [0.15, 0.2) is 17.4 Å². The number of alkyl halides is 5. The van der Waals surface area contributed by atoms with Gasteiger partial charge in [-0.3, -0.25) is 14.6 Å². The normalized spacial score (nSPS) is 11.3. The van der Waals surface area contributed by atoms with Crippen LogP contribution in [0.3, 0.4) is 0 Å². The first-order chi connectivity index (χ1) is 16.4. The van der Waals surface area contributed by atoms with Crippen molar-refractivity contribution in [3.63, 3.8) is 0 Å². The Bertz CT molecular complexity index is 1280. The number of hydrogen-bond acceptors (Lipinski definition) is 5. The van der Waals surface area contributed by atoms with E-state index in [9.17, 15) is 40.3 Å². The topological polar surface area (TPSA) is 104 Å². The summed E-state index contributed by atoms with van der Waals surface area (Å²) in [5.41, 5.74) is 1.51. The van der Waals surface area contributed by atoms with Gasteiger partial charge in [0.05, 0.1) is 5.56 Å². The van der Waals surface area contributed by atoms with E-state index in [0.717, 1.165) is 30.5 Å². The Morgan fingerprint density at radius 3 is 2.29 bits per heavy atom. The van der Waals surface area contributed by atoms with E-state index in [4.69, 9.17) is 10.5 Å². The molecular formula is C21H12F7N3O4. The molecule has 7 nitrogen and oxygen atoms in total. The van der Waals surface area contributed by atoms with Gasteiger partial charge >= 0.3 is 12.8 Å². The molecule has 0 radical (unpaired) electrons. The monoisotopic (exact) mass is 503 g/mol. The fraction of sp³-hybridized carbons (Fsp3) is 0.0952. The number of benzene rings is 2. The molecule has 0 saturated heterocycles. The van der Waals surface area contributed by atoms with Crippen molar-refractivity contribution < 1.29 is 49.8 Å². The summed E-state index contributed by atoms with van der Waals surface area (Å²) in [6.45, 7) is -3.26. The fourth-order valence-electron chi connectivity index (χ4n) is 2.77. The molecule has 0 fully saturated rings. The minimum absolute atomic E-state index is 0.179. The highest BCUT2D eigenvalue weighted by Crippen LogP contribution is 2.38. The lowest BCUT2D eigenvalue weighted by Gasteiger charge is -2.16. The number of amides is 2. The van der Waals surface area contributed by atoms with Crippen LogP contribution < -0.4 is 20.5 Å². The largest absolute Gasteiger partial charge is 0.453 e. The number of pyridine rings is 1. The number of carbonyl (C=O) groups is 2. The Balaban J connectivity index is 2.03. The number of ether oxygens (including phenoxy) is 2. The van der Waals surface area contributed by atoms with Gasteiger partial charge in [-0.05, 0) is 36.4 Å². The van der Waals surface area contributed by atoms with E-state index in [0.29, 0.717) is 12.1 Å². The van der Waals surface area contributed by atoms with Crippen LogP contribution in [0.2, 0.25) is 0 Å². The molecule has 1 aromatic heterocycles. The van der Waals surface area contributed by atoms with Crippen LogP contribution in [0.25, 0.3) is 0 Å². The van der Waals surface area contributed by atoms with E-state index in [1.54, 1.807) is 0 Å². The highest BCUT2D eigenvalue weighted by Gasteiger charge is 2.37. The number of carbonyl (C=O) groups excluding carboxylic acids is 2. The molecule has 1 heterocycles. The molecule has 184 valence electrons. The van der Waals surface area contributed by atoms with Crippen LogP contribution in [-0.4, -0.2) is 23.4 Å². The van der Waals surface area contributed by atoms with E-state index in [2.05, 4.69) is 15.0 Å². The summed E-state index contributed by atoms with van der Waals surface area (Å²) >= 11 is 0. The van der Waals surface area contributed by atoms with Gasteiger partial charge in [-0.25, -0.2) is 8.78 Å². The van der Waals surface area contributed by atoms with Gasteiger partial charge in [-0.15, -0.1) is 0 Å². The second-order valence-corrected chi connectivity index (χ2v) is 6.62. The Labute approximate surface area is 191 Å². The molecule has 0 unspecified atom stereocenters. The van der Waals surface area contributed by atoms with Crippen molar-refractivity contribution in [1.82, 2.24) is 4.98 Å². The first-order valence-electron chi connectivity index (χ1n) is 9.26. The van der Waals surface area contributed by atoms with Crippen molar-refractivity contribution in [3.8, 4) is 17.2 Å². The van der Waals surface area contributed by atoms with Gasteiger partial charge < -0.3 is 20.5 Å². The second kappa shape index (κ2) is 9.87. The number of nitrogens with one attached hydrogen (secondary N) is 1. The summed E-state index contributed by atoms with van der Waals surface area (Å²) in [5, 5.41) is 2.07. The van der Waals surface area contributed by atoms with Gasteiger partial charge in [0.2, 0.25) is 0 Å². The van der Waals surface area contributed by atoms with Gasteiger partial charge in [0.1, 0.15) is 22.8 Å². The predicted octanol–water partition coefficient (Wildman–Crippen LogP) is 5.12. The molecule has 2 aromatic carbocycles. The van der Waals surface area contributed by atoms with Crippen LogP contribution in [0.15, 0.2) is 48.7 Å². The second-order valence-electron chi connectivity index (χ2n) is 6.62. The highest BCUT2D eigenvalue weighted by atomic mass is 19.4. The van der Waals surface area contributed by atoms with E-state index >= 15 is 0 Å². The SMILES string of the molecule is NC(=O)c1cc(NC(=O)c2c(Oc3ccc(OC(F)F)cc3F)ccc(C(F)(F)F)c2F)ccn1. The number of halogens is 7. The fourth-order valence-corrected chi connectivity index (χ4v) is 2.77. The van der Waals surface area contributed by atoms with Crippen LogP contribution in [-0.2, 0) is 6.18 Å². The number of primary amides is 1. The number of aromatic nitrogens is 1. The summed E-state index contributed by atoms with van der Waals surface area (Å²) in [6, 6.07) is 5.09. The smallest absolute Gasteiger partial charge is 0.419 e. The number of nitrogens with two attached hydrogens (primary N) is 1. The third-order valence-corrected chi connectivity index (χ3v) is 4.25. The highest BCUT2D eigenvalue weighted by molar-refractivity contribution is 6.07. The summed E-state index contributed by atoms with van der Waals surface area (Å²) in [6.07, 6.45) is -4.15. The van der Waals surface area contributed by atoms with Gasteiger partial charge in [0, 0.05) is 18.0 Å². The van der Waals surface area contributed by atoms with E-state index in [-0.39, 0.29) is 17.4 Å². The maximum Gasteiger partial charge on any atom is 0.419 e. The van der Waals surface area contributed by atoms with E-state index < -0.39 is 64.6 Å². The Kier molecular flexibility index (Phi) is 7.12. The van der Waals surface area contributed by atoms with Crippen molar-refractivity contribution in [1.29, 1.82) is 0 Å². The first-order valence-corrected chi connectivity index (χ1v) is 9.26. The quantitative estimate of drug-likeness (QED) is 0.436. The van der Waals surface area contributed by atoms with Gasteiger partial charge in [0.25, 0.3) is 11.8 Å². The maximum atomic E-state index is 14.9. The molecule has 0 bridgehead atoms. The number of rotatable bonds is 7. The van der Waals surface area contributed by atoms with E-state index in [1.807, 2.05) is 0 Å². The van der Waals surface area contributed by atoms with Crippen LogP contribution >= 0.6 is 0 Å². The van der Waals surface area contributed by atoms with Crippen molar-refractivity contribution >= 4 is 17.5 Å². The molecule has 0 aliphatic heterocycles. The molecule has 2 amide bonds. The molecule has 14 heteroatoms. The molecule has 0 aliphatic rings. The molecular weight excluding hydrogens is 491 g/mol. The summed E-state index contributed by atoms with van der Waals surface area (Å²) in [4.78, 5) is 27.6. The third-order valence-electron chi connectivity index (χ3n) is 4.25. The predicted molar refractivity (Wildman–Crippen MR) is 105 cm³/mol. The molecule has 3 aromatic rings. The molecule has 0 aliphatic carbocycles. The average Bonchev–Trinajstić information content (AvgIpc) is 2.74. The van der Waals surface area contributed by atoms with Crippen molar-refractivity contribution in [2.75, 3.05) is 5.32 Å². The molecule has 35 heavy (non-hydrogen) atoms. The number of hydrogen-bond donors (Lipinski definition) is 2. The molecule has 3 N–H and O–H groups in total. The zero-order valence-corrected chi connectivity index (χ0v) is 17.0. The van der Waals surface area contributed by atoms with Crippen molar-refractivity contribution in [2.24, 2.45) is 5.73 Å². The Hall–Kier alpha value is -4.36. The average molecular weight is 503 g/mol. The van der Waals surface area contributed by atoms with Crippen molar-refractivity contribution in [3.05, 3.63) is 77.1 Å². The Morgan fingerprint density at radius 2 is 1.69 bits per heavy atom. The van der Waals surface area contributed by atoms with Gasteiger partial charge in [-0.1, -0.05) is 0 Å². The van der Waals surface area contributed by atoms with Crippen molar-refractivity contribution in [2.45, 2.75) is 12.8 Å². The van der Waals surface area contributed by atoms with Crippen LogP contribution in [0.1, 0.15) is 26.4 Å². The molecule has 0 spiro atoms. The summed E-state index contributed by atoms with van der Waals surface area (Å²) < 4.78 is 102. The lowest BCUT2D eigenvalue weighted by Crippen LogP contribution is -2.19. The zero-order chi connectivity index (χ0) is 25.9. The lowest BCUT2D eigenvalue weighted by atomic mass is 10.1. The maximum absolute atomic E-state index is 14.9. The number of anilines is 1. The van der Waals surface area contributed by atoms with Crippen LogP contribution in [0.4, 0.5) is 36.4 Å². The van der Waals surface area contributed by atoms with E-state index in [1.165, 1.54) is 0 Å². The Morgan fingerprint density at radius 1 is 1.00 bits per heavy atom. The number of nitrogens with zero attached hydrogens (tertiary/aromatic N) is 1. The lowest BCUT2D eigenvalue weighted by molar-refractivity contribution is -0.140. The standard InChI is InChI=1S/C21H12F7N3O4/c22-12-8-10(34-20(24)25)1-3-14(12)35-15-4-2-11(21(26,27)28)17(23)16(15)19(33)31-9-5-6-30-13(7-9)18(29)32/h1-8,20H,(H2,29,32)(H,30,31,33). The van der Waals surface area contributed by atoms with Crippen LogP contribution in [0, 0.1) is 11.6 Å². The minimum Gasteiger partial charge on any atom is -0.453 e. The summed E-state index contributed by atoms with van der Waals surface area (Å²) in [7, 11) is 0. The third kappa shape index (κ3) is 5.96. The zero-order valence-electron chi connectivity index (χ0n) is 17.0. The minimum atomic E-state index is -5.20. The van der Waals surface area contributed by atoms with Gasteiger partial charge in [-0.2, -0.15) is 22.0 Å². The molecule has 0 saturated carbocycles. The first kappa shape index (κ1) is 25.3. The molecule has 3 rings (SSSR count).